The zero-order valence-electron chi connectivity index (χ0n) is 8.96. The molecule has 0 saturated carbocycles. The second kappa shape index (κ2) is 5.43. The molecular formula is C11H13N3S2. The maximum atomic E-state index is 5.83. The third-order valence-corrected chi connectivity index (χ3v) is 4.35. The maximum Gasteiger partial charge on any atom is 0.170 e. The summed E-state index contributed by atoms with van der Waals surface area (Å²) in [7, 11) is 0. The van der Waals surface area contributed by atoms with Gasteiger partial charge in [-0.15, -0.1) is 0 Å². The molecule has 0 aliphatic rings. The van der Waals surface area contributed by atoms with Crippen LogP contribution in [0.15, 0.2) is 34.9 Å². The van der Waals surface area contributed by atoms with E-state index in [1.54, 1.807) is 18.1 Å². The molecule has 0 aliphatic heterocycles. The van der Waals surface area contributed by atoms with E-state index in [-0.39, 0.29) is 5.25 Å². The molecule has 0 fully saturated rings. The highest BCUT2D eigenvalue weighted by atomic mass is 32.2. The van der Waals surface area contributed by atoms with E-state index >= 15 is 0 Å². The van der Waals surface area contributed by atoms with E-state index in [0.29, 0.717) is 6.54 Å². The van der Waals surface area contributed by atoms with Gasteiger partial charge >= 0.3 is 0 Å². The van der Waals surface area contributed by atoms with Gasteiger partial charge < -0.3 is 5.73 Å². The Morgan fingerprint density at radius 2 is 2.25 bits per heavy atom. The zero-order chi connectivity index (χ0) is 11.4. The summed E-state index contributed by atoms with van der Waals surface area (Å²) in [6.45, 7) is 2.72. The Morgan fingerprint density at radius 1 is 1.44 bits per heavy atom. The van der Waals surface area contributed by atoms with Gasteiger partial charge in [-0.05, 0) is 29.6 Å². The number of aromatic nitrogens is 2. The summed E-state index contributed by atoms with van der Waals surface area (Å²) in [4.78, 5) is 4.17. The van der Waals surface area contributed by atoms with E-state index in [9.17, 15) is 0 Å². The van der Waals surface area contributed by atoms with E-state index < -0.39 is 0 Å². The lowest BCUT2D eigenvalue weighted by atomic mass is 10.1. The molecule has 1 unspecified atom stereocenters. The van der Waals surface area contributed by atoms with Crippen molar-refractivity contribution in [2.24, 2.45) is 5.73 Å². The summed E-state index contributed by atoms with van der Waals surface area (Å²) in [5, 5.41) is 0.258. The first-order valence-corrected chi connectivity index (χ1v) is 6.65. The zero-order valence-corrected chi connectivity index (χ0v) is 10.6. The minimum atomic E-state index is 0.258. The molecular weight excluding hydrogens is 238 g/mol. The summed E-state index contributed by atoms with van der Waals surface area (Å²) in [6.07, 6.45) is 1.58. The van der Waals surface area contributed by atoms with Crippen LogP contribution in [0.2, 0.25) is 0 Å². The van der Waals surface area contributed by atoms with Crippen LogP contribution in [0.4, 0.5) is 0 Å². The SMILES string of the molecule is Cc1ccccc1C(CN)Sc1ncns1. The number of hydrogen-bond donors (Lipinski definition) is 1. The summed E-state index contributed by atoms with van der Waals surface area (Å²) in [6, 6.07) is 8.33. The van der Waals surface area contributed by atoms with Crippen LogP contribution in [0.1, 0.15) is 16.4 Å². The van der Waals surface area contributed by atoms with Crippen LogP contribution < -0.4 is 5.73 Å². The fourth-order valence-electron chi connectivity index (χ4n) is 1.52. The van der Waals surface area contributed by atoms with Crippen molar-refractivity contribution in [3.63, 3.8) is 0 Å². The largest absolute Gasteiger partial charge is 0.329 e. The minimum absolute atomic E-state index is 0.258. The van der Waals surface area contributed by atoms with E-state index in [4.69, 9.17) is 5.73 Å². The quantitative estimate of drug-likeness (QED) is 0.849. The Hall–Kier alpha value is -0.910. The van der Waals surface area contributed by atoms with E-state index in [0.717, 1.165) is 4.34 Å². The lowest BCUT2D eigenvalue weighted by Crippen LogP contribution is -2.10. The fourth-order valence-corrected chi connectivity index (χ4v) is 3.29. The molecule has 16 heavy (non-hydrogen) atoms. The Bertz CT molecular complexity index is 442. The lowest BCUT2D eigenvalue weighted by Gasteiger charge is -2.15. The topological polar surface area (TPSA) is 51.8 Å². The predicted octanol–water partition coefficient (Wildman–Crippen LogP) is 2.64. The molecule has 0 amide bonds. The number of nitrogens with zero attached hydrogens (tertiary/aromatic N) is 2. The molecule has 2 aromatic rings. The normalized spacial score (nSPS) is 12.6. The molecule has 0 saturated heterocycles. The number of aryl methyl sites for hydroxylation is 1. The molecule has 3 nitrogen and oxygen atoms in total. The first-order valence-electron chi connectivity index (χ1n) is 5.00. The van der Waals surface area contributed by atoms with E-state index in [1.165, 1.54) is 22.7 Å². The van der Waals surface area contributed by atoms with E-state index in [1.807, 2.05) is 12.1 Å². The number of hydrogen-bond acceptors (Lipinski definition) is 5. The predicted molar refractivity (Wildman–Crippen MR) is 68.7 cm³/mol. The van der Waals surface area contributed by atoms with Gasteiger partial charge in [0.2, 0.25) is 0 Å². The van der Waals surface area contributed by atoms with Gasteiger partial charge in [0, 0.05) is 11.8 Å². The molecule has 2 rings (SSSR count). The van der Waals surface area contributed by atoms with Crippen LogP contribution in [-0.2, 0) is 0 Å². The fraction of sp³-hybridized carbons (Fsp3) is 0.273. The molecule has 5 heteroatoms. The molecule has 1 aromatic heterocycles. The Morgan fingerprint density at radius 3 is 2.88 bits per heavy atom. The van der Waals surface area contributed by atoms with Gasteiger partial charge in [-0.25, -0.2) is 4.98 Å². The summed E-state index contributed by atoms with van der Waals surface area (Å²) >= 11 is 3.10. The number of benzene rings is 1. The Labute approximate surface area is 103 Å². The second-order valence-corrected chi connectivity index (χ2v) is 5.64. The molecule has 0 aliphatic carbocycles. The standard InChI is InChI=1S/C11H13N3S2/c1-8-4-2-3-5-9(8)10(6-12)15-11-13-7-14-16-11/h2-5,7,10H,6,12H2,1H3. The van der Waals surface area contributed by atoms with Gasteiger partial charge in [0.05, 0.1) is 0 Å². The van der Waals surface area contributed by atoms with Crippen molar-refractivity contribution in [2.75, 3.05) is 6.54 Å². The highest BCUT2D eigenvalue weighted by Crippen LogP contribution is 2.35. The van der Waals surface area contributed by atoms with Crippen LogP contribution in [0.3, 0.4) is 0 Å². The first-order chi connectivity index (χ1) is 7.81. The molecule has 0 radical (unpaired) electrons. The summed E-state index contributed by atoms with van der Waals surface area (Å²) in [5.41, 5.74) is 8.38. The van der Waals surface area contributed by atoms with Crippen molar-refractivity contribution in [3.8, 4) is 0 Å². The molecule has 2 N–H and O–H groups in total. The molecule has 1 atom stereocenters. The van der Waals surface area contributed by atoms with Crippen molar-refractivity contribution in [2.45, 2.75) is 16.5 Å². The van der Waals surface area contributed by atoms with Crippen LogP contribution >= 0.6 is 23.3 Å². The summed E-state index contributed by atoms with van der Waals surface area (Å²) in [5.74, 6) is 0. The first kappa shape index (κ1) is 11.6. The molecule has 0 spiro atoms. The van der Waals surface area contributed by atoms with Gasteiger partial charge in [-0.2, -0.15) is 4.37 Å². The molecule has 1 aromatic carbocycles. The number of nitrogens with two attached hydrogens (primary N) is 1. The lowest BCUT2D eigenvalue weighted by molar-refractivity contribution is 0.929. The molecule has 0 bridgehead atoms. The Balaban J connectivity index is 2.20. The highest BCUT2D eigenvalue weighted by Gasteiger charge is 2.14. The summed E-state index contributed by atoms with van der Waals surface area (Å²) < 4.78 is 4.97. The second-order valence-electron chi connectivity index (χ2n) is 3.41. The average Bonchev–Trinajstić information content (AvgIpc) is 2.80. The van der Waals surface area contributed by atoms with Crippen LogP contribution in [-0.4, -0.2) is 15.9 Å². The average molecular weight is 251 g/mol. The minimum Gasteiger partial charge on any atom is -0.329 e. The third kappa shape index (κ3) is 2.61. The van der Waals surface area contributed by atoms with Crippen molar-refractivity contribution in [1.82, 2.24) is 9.36 Å². The van der Waals surface area contributed by atoms with Gasteiger partial charge in [-0.3, -0.25) is 0 Å². The van der Waals surface area contributed by atoms with Crippen molar-refractivity contribution >= 4 is 23.3 Å². The van der Waals surface area contributed by atoms with Crippen LogP contribution in [0.5, 0.6) is 0 Å². The molecule has 1 heterocycles. The van der Waals surface area contributed by atoms with Crippen LogP contribution in [0, 0.1) is 6.92 Å². The van der Waals surface area contributed by atoms with Crippen LogP contribution in [0.25, 0.3) is 0 Å². The van der Waals surface area contributed by atoms with E-state index in [2.05, 4.69) is 28.4 Å². The van der Waals surface area contributed by atoms with Gasteiger partial charge in [0.15, 0.2) is 4.34 Å². The van der Waals surface area contributed by atoms with Crippen molar-refractivity contribution < 1.29 is 0 Å². The van der Waals surface area contributed by atoms with Crippen molar-refractivity contribution in [1.29, 1.82) is 0 Å². The maximum absolute atomic E-state index is 5.83. The van der Waals surface area contributed by atoms with Gasteiger partial charge in [-0.1, -0.05) is 36.0 Å². The Kier molecular flexibility index (Phi) is 3.93. The van der Waals surface area contributed by atoms with Gasteiger partial charge in [0.1, 0.15) is 6.33 Å². The number of thioether (sulfide) groups is 1. The monoisotopic (exact) mass is 251 g/mol. The smallest absolute Gasteiger partial charge is 0.170 e. The number of rotatable bonds is 4. The van der Waals surface area contributed by atoms with Gasteiger partial charge in [0.25, 0.3) is 0 Å². The third-order valence-electron chi connectivity index (χ3n) is 2.33. The van der Waals surface area contributed by atoms with Crippen molar-refractivity contribution in [3.05, 3.63) is 41.7 Å². The molecule has 84 valence electrons. The highest BCUT2D eigenvalue weighted by molar-refractivity contribution is 8.01.